The van der Waals surface area contributed by atoms with Crippen molar-refractivity contribution in [1.82, 2.24) is 4.98 Å². The fourth-order valence-corrected chi connectivity index (χ4v) is 4.70. The van der Waals surface area contributed by atoms with Gasteiger partial charge in [0.15, 0.2) is 0 Å². The number of ether oxygens (including phenoxy) is 1. The Morgan fingerprint density at radius 3 is 2.70 bits per heavy atom. The highest BCUT2D eigenvalue weighted by Crippen LogP contribution is 2.33. The molecular weight excluding hydrogens is 408 g/mol. The van der Waals surface area contributed by atoms with Crippen molar-refractivity contribution in [2.45, 2.75) is 18.2 Å². The van der Waals surface area contributed by atoms with Crippen molar-refractivity contribution >= 4 is 39.9 Å². The van der Waals surface area contributed by atoms with Crippen molar-refractivity contribution in [3.8, 4) is 0 Å². The molecule has 1 aromatic heterocycles. The van der Waals surface area contributed by atoms with E-state index >= 15 is 0 Å². The van der Waals surface area contributed by atoms with Crippen LogP contribution in [0, 0.1) is 0 Å². The average molecular weight is 428 g/mol. The van der Waals surface area contributed by atoms with Gasteiger partial charge in [0, 0.05) is 24.4 Å². The smallest absolute Gasteiger partial charge is 0.331 e. The van der Waals surface area contributed by atoms with Gasteiger partial charge < -0.3 is 9.84 Å². The molecule has 2 heterocycles. The van der Waals surface area contributed by atoms with Gasteiger partial charge >= 0.3 is 11.9 Å². The lowest BCUT2D eigenvalue weighted by Crippen LogP contribution is -2.30. The molecule has 0 atom stereocenters. The molecule has 1 N–H and O–H groups in total. The summed E-state index contributed by atoms with van der Waals surface area (Å²) in [5.74, 6) is -1.30. The number of carbonyl (C=O) groups is 2. The lowest BCUT2D eigenvalue weighted by atomic mass is 10.1. The van der Waals surface area contributed by atoms with Gasteiger partial charge in [-0.15, -0.1) is 0 Å². The zero-order valence-electron chi connectivity index (χ0n) is 16.4. The van der Waals surface area contributed by atoms with E-state index in [0.29, 0.717) is 23.4 Å². The number of esters is 1. The summed E-state index contributed by atoms with van der Waals surface area (Å²) in [7, 11) is -2.68. The summed E-state index contributed by atoms with van der Waals surface area (Å²) in [6.07, 6.45) is 6.09. The molecule has 0 radical (unpaired) electrons. The number of carboxylic acid groups (broad SMARTS) is 1. The Morgan fingerprint density at radius 2 is 2.00 bits per heavy atom. The molecule has 2 aromatic rings. The molecule has 1 aromatic carbocycles. The third-order valence-electron chi connectivity index (χ3n) is 4.59. The number of pyridine rings is 1. The predicted molar refractivity (Wildman–Crippen MR) is 111 cm³/mol. The molecule has 0 fully saturated rings. The molecule has 0 saturated carbocycles. The number of aromatic nitrogens is 1. The number of fused-ring (bicyclic) bond motifs is 1. The topological polar surface area (TPSA) is 114 Å². The van der Waals surface area contributed by atoms with Crippen LogP contribution in [0.5, 0.6) is 0 Å². The molecular formula is C21H20N2O6S. The largest absolute Gasteiger partial charge is 0.478 e. The summed E-state index contributed by atoms with van der Waals surface area (Å²) in [5.41, 5.74) is 1.71. The molecule has 9 heteroatoms. The van der Waals surface area contributed by atoms with E-state index in [1.165, 1.54) is 42.8 Å². The van der Waals surface area contributed by atoms with Crippen molar-refractivity contribution in [2.24, 2.45) is 0 Å². The average Bonchev–Trinajstić information content (AvgIpc) is 3.16. The molecule has 8 nitrogen and oxygen atoms in total. The van der Waals surface area contributed by atoms with Crippen molar-refractivity contribution in [2.75, 3.05) is 18.0 Å². The third-order valence-corrected chi connectivity index (χ3v) is 6.46. The molecule has 0 saturated heterocycles. The number of hydrogen-bond donors (Lipinski definition) is 1. The van der Waals surface area contributed by atoms with Gasteiger partial charge in [-0.1, -0.05) is 18.2 Å². The van der Waals surface area contributed by atoms with E-state index in [4.69, 9.17) is 5.11 Å². The van der Waals surface area contributed by atoms with Crippen LogP contribution in [0.25, 0.3) is 12.2 Å². The summed E-state index contributed by atoms with van der Waals surface area (Å²) in [6.45, 7) is 1.62. The van der Waals surface area contributed by atoms with Crippen LogP contribution in [0.15, 0.2) is 53.1 Å². The lowest BCUT2D eigenvalue weighted by molar-refractivity contribution is -0.135. The molecule has 0 unspecified atom stereocenters. The van der Waals surface area contributed by atoms with Gasteiger partial charge in [-0.3, -0.25) is 0 Å². The van der Waals surface area contributed by atoms with Gasteiger partial charge in [-0.05, 0) is 54.3 Å². The van der Waals surface area contributed by atoms with Gasteiger partial charge in [-0.25, -0.2) is 27.3 Å². The van der Waals surface area contributed by atoms with Crippen molar-refractivity contribution in [3.05, 3.63) is 64.9 Å². The number of carboxylic acids is 1. The Bertz CT molecular complexity index is 1170. The number of sulfonamides is 1. The quantitative estimate of drug-likeness (QED) is 0.555. The zero-order valence-corrected chi connectivity index (χ0v) is 17.2. The molecule has 0 bridgehead atoms. The van der Waals surface area contributed by atoms with E-state index in [1.807, 2.05) is 0 Å². The van der Waals surface area contributed by atoms with Gasteiger partial charge in [0.1, 0.15) is 5.82 Å². The summed E-state index contributed by atoms with van der Waals surface area (Å²) in [6, 6.07) is 8.02. The number of rotatable bonds is 6. The summed E-state index contributed by atoms with van der Waals surface area (Å²) < 4.78 is 32.5. The van der Waals surface area contributed by atoms with Gasteiger partial charge in [0.25, 0.3) is 10.0 Å². The van der Waals surface area contributed by atoms with Crippen molar-refractivity contribution < 1.29 is 27.9 Å². The van der Waals surface area contributed by atoms with Gasteiger partial charge in [0.2, 0.25) is 0 Å². The van der Waals surface area contributed by atoms with E-state index in [9.17, 15) is 18.0 Å². The second-order valence-corrected chi connectivity index (χ2v) is 8.44. The Kier molecular flexibility index (Phi) is 6.02. The Labute approximate surface area is 174 Å². The predicted octanol–water partition coefficient (Wildman–Crippen LogP) is 2.51. The molecule has 0 spiro atoms. The van der Waals surface area contributed by atoms with E-state index in [-0.39, 0.29) is 17.0 Å². The van der Waals surface area contributed by atoms with Gasteiger partial charge in [-0.2, -0.15) is 0 Å². The molecule has 1 aliphatic rings. The van der Waals surface area contributed by atoms with Crippen LogP contribution in [0.4, 0.5) is 5.82 Å². The summed E-state index contributed by atoms with van der Waals surface area (Å²) in [5, 5.41) is 9.13. The van der Waals surface area contributed by atoms with Crippen LogP contribution in [-0.4, -0.2) is 44.1 Å². The number of nitrogens with zero attached hydrogens (tertiary/aromatic N) is 2. The Hall–Kier alpha value is -3.46. The highest BCUT2D eigenvalue weighted by Gasteiger charge is 2.33. The molecule has 1 aliphatic heterocycles. The normalized spacial score (nSPS) is 14.1. The number of anilines is 1. The standard InChI is InChI=1S/C21H20N2O6S/c1-14(21(25)26)11-16-5-3-4-6-18(16)30(27,28)23-10-9-17-12-15(13-22-20(17)23)7-8-19(24)29-2/h3-8,11-13H,9-10H2,1-2H3,(H,25,26)/b8-7+,14-11+. The minimum absolute atomic E-state index is 0.00918. The third kappa shape index (κ3) is 4.25. The second-order valence-electron chi connectivity index (χ2n) is 6.61. The van der Waals surface area contributed by atoms with Crippen LogP contribution in [0.3, 0.4) is 0 Å². The fourth-order valence-electron chi connectivity index (χ4n) is 3.06. The minimum Gasteiger partial charge on any atom is -0.478 e. The molecule has 0 amide bonds. The first-order chi connectivity index (χ1) is 14.2. The van der Waals surface area contributed by atoms with Crippen LogP contribution in [0.2, 0.25) is 0 Å². The van der Waals surface area contributed by atoms with Crippen molar-refractivity contribution in [1.29, 1.82) is 0 Å². The second kappa shape index (κ2) is 8.50. The Balaban J connectivity index is 1.98. The van der Waals surface area contributed by atoms with Crippen LogP contribution in [0.1, 0.15) is 23.6 Å². The zero-order chi connectivity index (χ0) is 21.9. The first-order valence-corrected chi connectivity index (χ1v) is 10.5. The number of carbonyl (C=O) groups excluding carboxylic acids is 1. The summed E-state index contributed by atoms with van der Waals surface area (Å²) >= 11 is 0. The van der Waals surface area contributed by atoms with Crippen molar-refractivity contribution in [3.63, 3.8) is 0 Å². The maximum absolute atomic E-state index is 13.3. The fraction of sp³-hybridized carbons (Fsp3) is 0.190. The Morgan fingerprint density at radius 1 is 1.27 bits per heavy atom. The van der Waals surface area contributed by atoms with Crippen LogP contribution >= 0.6 is 0 Å². The summed E-state index contributed by atoms with van der Waals surface area (Å²) in [4.78, 5) is 26.7. The maximum Gasteiger partial charge on any atom is 0.331 e. The van der Waals surface area contributed by atoms with E-state index < -0.39 is 22.0 Å². The molecule has 30 heavy (non-hydrogen) atoms. The maximum atomic E-state index is 13.3. The van der Waals surface area contributed by atoms with E-state index in [0.717, 1.165) is 5.56 Å². The monoisotopic (exact) mass is 428 g/mol. The number of hydrogen-bond acceptors (Lipinski definition) is 6. The van der Waals surface area contributed by atoms with Crippen LogP contribution in [-0.2, 0) is 30.8 Å². The number of aliphatic carboxylic acids is 1. The highest BCUT2D eigenvalue weighted by molar-refractivity contribution is 7.93. The first-order valence-electron chi connectivity index (χ1n) is 9.02. The van der Waals surface area contributed by atoms with Crippen LogP contribution < -0.4 is 4.31 Å². The minimum atomic E-state index is -3.96. The highest BCUT2D eigenvalue weighted by atomic mass is 32.2. The van der Waals surface area contributed by atoms with E-state index in [2.05, 4.69) is 9.72 Å². The SMILES string of the molecule is COC(=O)/C=C/c1cnc2c(c1)CCN2S(=O)(=O)c1ccccc1/C=C(\C)C(=O)O. The van der Waals surface area contributed by atoms with Gasteiger partial charge in [0.05, 0.1) is 12.0 Å². The molecule has 3 rings (SSSR count). The number of methoxy groups -OCH3 is 1. The first kappa shape index (κ1) is 21.3. The lowest BCUT2D eigenvalue weighted by Gasteiger charge is -2.20. The van der Waals surface area contributed by atoms with E-state index in [1.54, 1.807) is 30.3 Å². The molecule has 156 valence electrons. The number of benzene rings is 1. The molecule has 0 aliphatic carbocycles.